The number of rotatable bonds is 4. The number of aromatic nitrogens is 2. The first-order chi connectivity index (χ1) is 9.13. The van der Waals surface area contributed by atoms with Crippen molar-refractivity contribution in [1.29, 1.82) is 0 Å². The van der Waals surface area contributed by atoms with Gasteiger partial charge in [0.15, 0.2) is 16.7 Å². The molecule has 0 aliphatic rings. The number of nitrogens with one attached hydrogen (secondary N) is 1. The minimum Gasteiger partial charge on any atom is -0.436 e. The summed E-state index contributed by atoms with van der Waals surface area (Å²) >= 11 is 1.39. The summed E-state index contributed by atoms with van der Waals surface area (Å²) in [4.78, 5) is 8.41. The Morgan fingerprint density at radius 2 is 2.11 bits per heavy atom. The number of ether oxygens (including phenoxy) is 1. The van der Waals surface area contributed by atoms with Crippen LogP contribution >= 0.6 is 11.8 Å². The largest absolute Gasteiger partial charge is 0.436 e. The Labute approximate surface area is 115 Å². The Hall–Kier alpha value is -1.82. The van der Waals surface area contributed by atoms with Gasteiger partial charge >= 0.3 is 0 Å². The van der Waals surface area contributed by atoms with Gasteiger partial charge in [-0.25, -0.2) is 9.37 Å². The maximum atomic E-state index is 13.9. The number of nitrogens with zero attached hydrogens (tertiary/aromatic N) is 2. The van der Waals surface area contributed by atoms with Gasteiger partial charge in [0.25, 0.3) is 0 Å². The van der Waals surface area contributed by atoms with Crippen LogP contribution in [-0.4, -0.2) is 23.3 Å². The molecule has 1 N–H and O–H groups in total. The zero-order valence-electron chi connectivity index (χ0n) is 10.9. The summed E-state index contributed by atoms with van der Waals surface area (Å²) in [5, 5.41) is 3.48. The Balaban J connectivity index is 2.34. The van der Waals surface area contributed by atoms with Crippen molar-refractivity contribution in [3.63, 3.8) is 0 Å². The predicted molar refractivity (Wildman–Crippen MR) is 74.6 cm³/mol. The third-order valence-electron chi connectivity index (χ3n) is 2.49. The second-order valence-electron chi connectivity index (χ2n) is 3.82. The highest BCUT2D eigenvalue weighted by atomic mass is 32.2. The van der Waals surface area contributed by atoms with E-state index >= 15 is 0 Å². The molecule has 0 radical (unpaired) electrons. The van der Waals surface area contributed by atoms with Crippen molar-refractivity contribution < 1.29 is 9.13 Å². The van der Waals surface area contributed by atoms with E-state index in [0.717, 1.165) is 0 Å². The van der Waals surface area contributed by atoms with Crippen LogP contribution in [0.25, 0.3) is 0 Å². The van der Waals surface area contributed by atoms with Crippen LogP contribution in [0.4, 0.5) is 10.2 Å². The van der Waals surface area contributed by atoms with E-state index in [1.165, 1.54) is 11.8 Å². The summed E-state index contributed by atoms with van der Waals surface area (Å²) < 4.78 is 19.4. The van der Waals surface area contributed by atoms with Crippen LogP contribution in [0.15, 0.2) is 29.4 Å². The van der Waals surface area contributed by atoms with Crippen LogP contribution in [0.1, 0.15) is 5.56 Å². The van der Waals surface area contributed by atoms with Crippen molar-refractivity contribution in [1.82, 2.24) is 9.97 Å². The van der Waals surface area contributed by atoms with E-state index < -0.39 is 0 Å². The fourth-order valence-electron chi connectivity index (χ4n) is 1.49. The molecule has 4 nitrogen and oxygen atoms in total. The number of thioether (sulfide) groups is 1. The monoisotopic (exact) mass is 279 g/mol. The third-order valence-corrected chi connectivity index (χ3v) is 3.04. The van der Waals surface area contributed by atoms with Crippen molar-refractivity contribution in [2.45, 2.75) is 12.1 Å². The van der Waals surface area contributed by atoms with Gasteiger partial charge in [-0.05, 0) is 24.8 Å². The van der Waals surface area contributed by atoms with Crippen molar-refractivity contribution in [3.05, 3.63) is 35.6 Å². The number of aryl methyl sites for hydroxylation is 1. The van der Waals surface area contributed by atoms with Gasteiger partial charge in [-0.3, -0.25) is 0 Å². The molecule has 2 rings (SSSR count). The fraction of sp³-hybridized carbons (Fsp3) is 0.231. The van der Waals surface area contributed by atoms with E-state index in [1.54, 1.807) is 38.2 Å². The van der Waals surface area contributed by atoms with Crippen LogP contribution in [0, 0.1) is 12.7 Å². The number of halogens is 1. The lowest BCUT2D eigenvalue weighted by Gasteiger charge is -2.09. The first kappa shape index (κ1) is 13.6. The minimum absolute atomic E-state index is 0.160. The Morgan fingerprint density at radius 1 is 1.32 bits per heavy atom. The molecular weight excluding hydrogens is 265 g/mol. The Kier molecular flexibility index (Phi) is 4.21. The third kappa shape index (κ3) is 3.14. The molecule has 0 saturated heterocycles. The molecule has 0 bridgehead atoms. The maximum absolute atomic E-state index is 13.9. The molecule has 2 aromatic rings. The van der Waals surface area contributed by atoms with Gasteiger partial charge in [0.05, 0.1) is 0 Å². The van der Waals surface area contributed by atoms with Gasteiger partial charge in [-0.1, -0.05) is 23.9 Å². The van der Waals surface area contributed by atoms with Crippen molar-refractivity contribution >= 4 is 17.6 Å². The molecule has 1 aromatic heterocycles. The number of benzene rings is 1. The quantitative estimate of drug-likeness (QED) is 0.686. The molecule has 6 heteroatoms. The molecule has 0 unspecified atom stereocenters. The molecule has 1 aromatic carbocycles. The smallest absolute Gasteiger partial charge is 0.225 e. The molecule has 0 atom stereocenters. The first-order valence-electron chi connectivity index (χ1n) is 5.68. The van der Waals surface area contributed by atoms with Gasteiger partial charge in [0.1, 0.15) is 5.82 Å². The summed E-state index contributed by atoms with van der Waals surface area (Å²) in [6.45, 7) is 1.69. The number of hydrogen-bond acceptors (Lipinski definition) is 5. The lowest BCUT2D eigenvalue weighted by atomic mass is 10.2. The number of hydrogen-bond donors (Lipinski definition) is 1. The summed E-state index contributed by atoms with van der Waals surface area (Å²) in [5.74, 6) is 0.723. The van der Waals surface area contributed by atoms with E-state index in [0.29, 0.717) is 22.4 Å². The average Bonchev–Trinajstić information content (AvgIpc) is 2.43. The highest BCUT2D eigenvalue weighted by Gasteiger charge is 2.10. The maximum Gasteiger partial charge on any atom is 0.225 e. The molecule has 0 saturated carbocycles. The molecule has 1 heterocycles. The van der Waals surface area contributed by atoms with Crippen molar-refractivity contribution in [3.8, 4) is 11.6 Å². The predicted octanol–water partition coefficient (Wildman–Crippen LogP) is 3.48. The second kappa shape index (κ2) is 5.88. The van der Waals surface area contributed by atoms with E-state index in [4.69, 9.17) is 4.74 Å². The lowest BCUT2D eigenvalue weighted by Crippen LogP contribution is -1.99. The zero-order valence-corrected chi connectivity index (χ0v) is 11.7. The molecule has 0 aliphatic carbocycles. The van der Waals surface area contributed by atoms with Crippen molar-refractivity contribution in [2.24, 2.45) is 0 Å². The van der Waals surface area contributed by atoms with Crippen LogP contribution in [-0.2, 0) is 0 Å². The van der Waals surface area contributed by atoms with Gasteiger partial charge < -0.3 is 10.1 Å². The normalized spacial score (nSPS) is 10.3. The van der Waals surface area contributed by atoms with Crippen LogP contribution < -0.4 is 10.1 Å². The van der Waals surface area contributed by atoms with E-state index in [-0.39, 0.29) is 11.6 Å². The van der Waals surface area contributed by atoms with E-state index in [2.05, 4.69) is 15.3 Å². The van der Waals surface area contributed by atoms with E-state index in [9.17, 15) is 4.39 Å². The standard InChI is InChI=1S/C13H14FN3OS/c1-8-5-4-6-9(12(8)14)18-11-7-10(15-2)16-13(17-11)19-3/h4-7H,1-3H3,(H,15,16,17). The average molecular weight is 279 g/mol. The molecule has 0 spiro atoms. The van der Waals surface area contributed by atoms with Gasteiger partial charge in [-0.15, -0.1) is 0 Å². The van der Waals surface area contributed by atoms with Crippen LogP contribution in [0.5, 0.6) is 11.6 Å². The highest BCUT2D eigenvalue weighted by molar-refractivity contribution is 7.98. The first-order valence-corrected chi connectivity index (χ1v) is 6.90. The zero-order chi connectivity index (χ0) is 13.8. The molecule has 0 amide bonds. The van der Waals surface area contributed by atoms with Crippen molar-refractivity contribution in [2.75, 3.05) is 18.6 Å². The summed E-state index contributed by atoms with van der Waals surface area (Å²) in [6, 6.07) is 6.63. The molecule has 19 heavy (non-hydrogen) atoms. The van der Waals surface area contributed by atoms with Gasteiger partial charge in [0, 0.05) is 13.1 Å². The second-order valence-corrected chi connectivity index (χ2v) is 4.59. The molecular formula is C13H14FN3OS. The van der Waals surface area contributed by atoms with Gasteiger partial charge in [0.2, 0.25) is 5.88 Å². The summed E-state index contributed by atoms with van der Waals surface area (Å²) in [6.07, 6.45) is 1.87. The van der Waals surface area contributed by atoms with Crippen LogP contribution in [0.2, 0.25) is 0 Å². The van der Waals surface area contributed by atoms with Crippen LogP contribution in [0.3, 0.4) is 0 Å². The minimum atomic E-state index is -0.377. The SMILES string of the molecule is CNc1cc(Oc2cccc(C)c2F)nc(SC)n1. The molecule has 0 aliphatic heterocycles. The Morgan fingerprint density at radius 3 is 2.79 bits per heavy atom. The summed E-state index contributed by atoms with van der Waals surface area (Å²) in [7, 11) is 1.75. The molecule has 0 fully saturated rings. The fourth-order valence-corrected chi connectivity index (χ4v) is 1.86. The van der Waals surface area contributed by atoms with E-state index in [1.807, 2.05) is 6.26 Å². The lowest BCUT2D eigenvalue weighted by molar-refractivity contribution is 0.421. The number of anilines is 1. The molecule has 100 valence electrons. The highest BCUT2D eigenvalue weighted by Crippen LogP contribution is 2.27. The topological polar surface area (TPSA) is 47.0 Å². The Bertz CT molecular complexity index is 570. The summed E-state index contributed by atoms with van der Waals surface area (Å²) in [5.41, 5.74) is 0.533. The van der Waals surface area contributed by atoms with Gasteiger partial charge in [-0.2, -0.15) is 4.98 Å².